The largest absolute Gasteiger partial charge is 0.486 e. The SMILES string of the molecule is O=C(/C=C/c1ccco1)n1c(COc2ccccc2)nc2ccccc21. The van der Waals surface area contributed by atoms with Gasteiger partial charge in [-0.2, -0.15) is 0 Å². The van der Waals surface area contributed by atoms with Gasteiger partial charge in [0.1, 0.15) is 18.1 Å². The molecule has 0 aliphatic rings. The summed E-state index contributed by atoms with van der Waals surface area (Å²) in [4.78, 5) is 17.3. The Balaban J connectivity index is 1.66. The van der Waals surface area contributed by atoms with Gasteiger partial charge in [-0.25, -0.2) is 4.98 Å². The zero-order valence-electron chi connectivity index (χ0n) is 13.9. The molecule has 0 fully saturated rings. The molecule has 0 aliphatic heterocycles. The maximum Gasteiger partial charge on any atom is 0.256 e. The molecule has 4 aromatic rings. The van der Waals surface area contributed by atoms with Gasteiger partial charge in [0.15, 0.2) is 5.82 Å². The summed E-state index contributed by atoms with van der Waals surface area (Å²) in [6, 6.07) is 20.5. The van der Waals surface area contributed by atoms with Crippen LogP contribution < -0.4 is 4.74 Å². The standard InChI is InChI=1S/C21H16N2O3/c24-21(13-12-17-9-6-14-25-17)23-19-11-5-4-10-18(19)22-20(23)15-26-16-7-2-1-3-8-16/h1-14H,15H2/b13-12+. The predicted molar refractivity (Wildman–Crippen MR) is 98.9 cm³/mol. The fraction of sp³-hybridized carbons (Fsp3) is 0.0476. The van der Waals surface area contributed by atoms with Gasteiger partial charge in [-0.15, -0.1) is 0 Å². The molecule has 0 saturated heterocycles. The number of imidazole rings is 1. The van der Waals surface area contributed by atoms with E-state index in [0.29, 0.717) is 11.6 Å². The Hall–Kier alpha value is -3.60. The van der Waals surface area contributed by atoms with E-state index in [4.69, 9.17) is 9.15 Å². The quantitative estimate of drug-likeness (QED) is 0.498. The number of nitrogens with zero attached hydrogens (tertiary/aromatic N) is 2. The molecule has 0 N–H and O–H groups in total. The first-order chi connectivity index (χ1) is 12.8. The van der Waals surface area contributed by atoms with Crippen LogP contribution in [0.2, 0.25) is 0 Å². The molecule has 128 valence electrons. The van der Waals surface area contributed by atoms with Gasteiger partial charge in [0.05, 0.1) is 17.3 Å². The van der Waals surface area contributed by atoms with Crippen LogP contribution >= 0.6 is 0 Å². The van der Waals surface area contributed by atoms with E-state index in [1.54, 1.807) is 29.0 Å². The zero-order valence-corrected chi connectivity index (χ0v) is 13.9. The highest BCUT2D eigenvalue weighted by molar-refractivity contribution is 5.99. The van der Waals surface area contributed by atoms with Gasteiger partial charge in [-0.05, 0) is 42.5 Å². The van der Waals surface area contributed by atoms with E-state index in [1.807, 2.05) is 54.6 Å². The first-order valence-electron chi connectivity index (χ1n) is 8.21. The lowest BCUT2D eigenvalue weighted by Gasteiger charge is -2.07. The van der Waals surface area contributed by atoms with Crippen LogP contribution in [0.3, 0.4) is 0 Å². The summed E-state index contributed by atoms with van der Waals surface area (Å²) in [5.74, 6) is 1.68. The summed E-state index contributed by atoms with van der Waals surface area (Å²) >= 11 is 0. The second-order valence-corrected chi connectivity index (χ2v) is 5.64. The topological polar surface area (TPSA) is 57.3 Å². The van der Waals surface area contributed by atoms with Gasteiger partial charge >= 0.3 is 0 Å². The molecule has 0 radical (unpaired) electrons. The number of fused-ring (bicyclic) bond motifs is 1. The van der Waals surface area contributed by atoms with E-state index in [9.17, 15) is 4.79 Å². The van der Waals surface area contributed by atoms with Crippen LogP contribution in [-0.4, -0.2) is 15.5 Å². The molecule has 0 saturated carbocycles. The van der Waals surface area contributed by atoms with Crippen molar-refractivity contribution in [3.8, 4) is 5.75 Å². The van der Waals surface area contributed by atoms with Gasteiger partial charge < -0.3 is 9.15 Å². The highest BCUT2D eigenvalue weighted by Gasteiger charge is 2.15. The number of aromatic nitrogens is 2. The maximum atomic E-state index is 12.8. The van der Waals surface area contributed by atoms with Crippen LogP contribution in [0.25, 0.3) is 17.1 Å². The molecule has 4 rings (SSSR count). The van der Waals surface area contributed by atoms with Crippen molar-refractivity contribution >= 4 is 23.0 Å². The summed E-state index contributed by atoms with van der Waals surface area (Å²) in [6.45, 7) is 0.193. The summed E-state index contributed by atoms with van der Waals surface area (Å²) in [5, 5.41) is 0. The lowest BCUT2D eigenvalue weighted by Crippen LogP contribution is -2.13. The highest BCUT2D eigenvalue weighted by Crippen LogP contribution is 2.19. The van der Waals surface area contributed by atoms with Gasteiger partial charge in [0.25, 0.3) is 5.91 Å². The molecule has 2 aromatic carbocycles. The van der Waals surface area contributed by atoms with Crippen LogP contribution in [0.5, 0.6) is 5.75 Å². The Morgan fingerprint density at radius 3 is 2.65 bits per heavy atom. The lowest BCUT2D eigenvalue weighted by atomic mass is 10.3. The molecular formula is C21H16N2O3. The van der Waals surface area contributed by atoms with Crippen LogP contribution in [-0.2, 0) is 6.61 Å². The summed E-state index contributed by atoms with van der Waals surface area (Å²) in [7, 11) is 0. The van der Waals surface area contributed by atoms with Crippen molar-refractivity contribution in [1.82, 2.24) is 9.55 Å². The number of furan rings is 1. The Morgan fingerprint density at radius 2 is 1.85 bits per heavy atom. The van der Waals surface area contributed by atoms with Crippen molar-refractivity contribution in [2.75, 3.05) is 0 Å². The molecule has 5 nitrogen and oxygen atoms in total. The molecule has 0 spiro atoms. The average Bonchev–Trinajstić information content (AvgIpc) is 3.32. The molecule has 0 aliphatic carbocycles. The number of allylic oxidation sites excluding steroid dienone is 1. The molecule has 5 heteroatoms. The molecule has 26 heavy (non-hydrogen) atoms. The van der Waals surface area contributed by atoms with Crippen molar-refractivity contribution in [3.05, 3.63) is 90.7 Å². The van der Waals surface area contributed by atoms with Crippen LogP contribution in [0, 0.1) is 0 Å². The van der Waals surface area contributed by atoms with Gasteiger partial charge in [0, 0.05) is 6.08 Å². The van der Waals surface area contributed by atoms with Gasteiger partial charge in [-0.3, -0.25) is 9.36 Å². The van der Waals surface area contributed by atoms with Crippen molar-refractivity contribution in [2.45, 2.75) is 6.61 Å². The molecular weight excluding hydrogens is 328 g/mol. The Kier molecular flexibility index (Phi) is 4.35. The molecule has 2 aromatic heterocycles. The van der Waals surface area contributed by atoms with Crippen molar-refractivity contribution < 1.29 is 13.9 Å². The number of hydrogen-bond donors (Lipinski definition) is 0. The lowest BCUT2D eigenvalue weighted by molar-refractivity contribution is 0.0966. The summed E-state index contributed by atoms with van der Waals surface area (Å²) in [5.41, 5.74) is 1.49. The van der Waals surface area contributed by atoms with Crippen molar-refractivity contribution in [3.63, 3.8) is 0 Å². The maximum absolute atomic E-state index is 12.8. The number of carbonyl (C=O) groups is 1. The Morgan fingerprint density at radius 1 is 1.04 bits per heavy atom. The van der Waals surface area contributed by atoms with Crippen molar-refractivity contribution in [1.29, 1.82) is 0 Å². The third-order valence-corrected chi connectivity index (χ3v) is 3.90. The number of ether oxygens (including phenoxy) is 1. The van der Waals surface area contributed by atoms with Gasteiger partial charge in [0.2, 0.25) is 0 Å². The second kappa shape index (κ2) is 7.11. The molecule has 2 heterocycles. The third-order valence-electron chi connectivity index (χ3n) is 3.90. The minimum absolute atomic E-state index is 0.193. The minimum Gasteiger partial charge on any atom is -0.486 e. The number of benzene rings is 2. The monoisotopic (exact) mass is 344 g/mol. The fourth-order valence-corrected chi connectivity index (χ4v) is 2.70. The van der Waals surface area contributed by atoms with Crippen LogP contribution in [0.15, 0.2) is 83.5 Å². The van der Waals surface area contributed by atoms with Gasteiger partial charge in [-0.1, -0.05) is 30.3 Å². The number of rotatable bonds is 5. The van der Waals surface area contributed by atoms with E-state index in [1.165, 1.54) is 6.08 Å². The van der Waals surface area contributed by atoms with E-state index < -0.39 is 0 Å². The third kappa shape index (κ3) is 3.28. The smallest absolute Gasteiger partial charge is 0.256 e. The molecule has 0 amide bonds. The van der Waals surface area contributed by atoms with E-state index >= 15 is 0 Å². The number of para-hydroxylation sites is 3. The van der Waals surface area contributed by atoms with Crippen molar-refractivity contribution in [2.24, 2.45) is 0 Å². The predicted octanol–water partition coefficient (Wildman–Crippen LogP) is 4.56. The highest BCUT2D eigenvalue weighted by atomic mass is 16.5. The zero-order chi connectivity index (χ0) is 17.8. The fourth-order valence-electron chi connectivity index (χ4n) is 2.70. The minimum atomic E-state index is -0.207. The van der Waals surface area contributed by atoms with E-state index in [-0.39, 0.29) is 12.5 Å². The second-order valence-electron chi connectivity index (χ2n) is 5.64. The average molecular weight is 344 g/mol. The Bertz CT molecular complexity index is 1050. The normalized spacial score (nSPS) is 11.2. The van der Waals surface area contributed by atoms with Crippen LogP contribution in [0.4, 0.5) is 0 Å². The van der Waals surface area contributed by atoms with E-state index in [0.717, 1.165) is 16.8 Å². The van der Waals surface area contributed by atoms with Crippen LogP contribution in [0.1, 0.15) is 16.4 Å². The molecule has 0 unspecified atom stereocenters. The number of carbonyl (C=O) groups excluding carboxylic acids is 1. The first-order valence-corrected chi connectivity index (χ1v) is 8.21. The summed E-state index contributed by atoms with van der Waals surface area (Å²) < 4.78 is 12.6. The van der Waals surface area contributed by atoms with E-state index in [2.05, 4.69) is 4.98 Å². The molecule has 0 atom stereocenters. The first kappa shape index (κ1) is 15.9. The Labute approximate surface area is 150 Å². The molecule has 0 bridgehead atoms. The number of hydrogen-bond acceptors (Lipinski definition) is 4. The summed E-state index contributed by atoms with van der Waals surface area (Å²) in [6.07, 6.45) is 4.67.